The van der Waals surface area contributed by atoms with Crippen molar-refractivity contribution in [3.63, 3.8) is 0 Å². The maximum atomic E-state index is 12.8. The molecular formula is C21H22N4O4. The first-order valence-corrected chi connectivity index (χ1v) is 9.42. The molecule has 0 saturated heterocycles. The van der Waals surface area contributed by atoms with Crippen LogP contribution in [0.15, 0.2) is 47.3 Å². The highest BCUT2D eigenvalue weighted by Gasteiger charge is 2.16. The summed E-state index contributed by atoms with van der Waals surface area (Å²) in [6.45, 7) is 3.15. The van der Waals surface area contributed by atoms with Crippen LogP contribution in [0.4, 0.5) is 0 Å². The predicted octanol–water partition coefficient (Wildman–Crippen LogP) is 1.50. The van der Waals surface area contributed by atoms with E-state index in [0.717, 1.165) is 17.1 Å². The molecule has 8 nitrogen and oxygen atoms in total. The molecule has 1 aliphatic rings. The van der Waals surface area contributed by atoms with Crippen LogP contribution in [0.25, 0.3) is 10.9 Å². The minimum atomic E-state index is -0.592. The Morgan fingerprint density at radius 1 is 1.21 bits per heavy atom. The number of para-hydroxylation sites is 1. The molecule has 2 aromatic carbocycles. The lowest BCUT2D eigenvalue weighted by atomic mass is 10.1. The Bertz CT molecular complexity index is 1130. The Labute approximate surface area is 167 Å². The van der Waals surface area contributed by atoms with Gasteiger partial charge in [-0.1, -0.05) is 18.2 Å². The fourth-order valence-electron chi connectivity index (χ4n) is 3.36. The van der Waals surface area contributed by atoms with E-state index >= 15 is 0 Å². The Kier molecular flexibility index (Phi) is 5.18. The summed E-state index contributed by atoms with van der Waals surface area (Å²) in [5, 5.41) is 3.81. The number of ether oxygens (including phenoxy) is 2. The number of benzene rings is 2. The van der Waals surface area contributed by atoms with Crippen molar-refractivity contribution in [1.29, 1.82) is 0 Å². The summed E-state index contributed by atoms with van der Waals surface area (Å²) in [5.41, 5.74) is 6.66. The first-order chi connectivity index (χ1) is 14.0. The molecule has 0 spiro atoms. The zero-order valence-electron chi connectivity index (χ0n) is 16.1. The van der Waals surface area contributed by atoms with E-state index in [2.05, 4.69) is 10.3 Å². The number of hydrogen-bond acceptors (Lipinski definition) is 6. The number of fused-ring (bicyclic) bond motifs is 2. The van der Waals surface area contributed by atoms with Gasteiger partial charge in [-0.2, -0.15) is 0 Å². The zero-order chi connectivity index (χ0) is 20.4. The molecule has 150 valence electrons. The van der Waals surface area contributed by atoms with Gasteiger partial charge < -0.3 is 20.5 Å². The molecule has 0 fully saturated rings. The van der Waals surface area contributed by atoms with Gasteiger partial charge in [0.2, 0.25) is 5.91 Å². The van der Waals surface area contributed by atoms with Crippen LogP contribution in [-0.2, 0) is 17.9 Å². The SMILES string of the molecule is C[C@H](NCc1nc2ccccc2c(=O)n1CC(N)=O)c1ccc2c(c1)OCCO2. The molecule has 0 saturated carbocycles. The van der Waals surface area contributed by atoms with Crippen LogP contribution < -0.4 is 26.1 Å². The second-order valence-corrected chi connectivity index (χ2v) is 6.91. The van der Waals surface area contributed by atoms with Crippen LogP contribution in [0.3, 0.4) is 0 Å². The molecule has 0 radical (unpaired) electrons. The summed E-state index contributed by atoms with van der Waals surface area (Å²) in [6.07, 6.45) is 0. The molecule has 1 aliphatic heterocycles. The number of carbonyl (C=O) groups is 1. The number of amides is 1. The van der Waals surface area contributed by atoms with Crippen molar-refractivity contribution in [3.8, 4) is 11.5 Å². The Morgan fingerprint density at radius 3 is 2.76 bits per heavy atom. The summed E-state index contributed by atoms with van der Waals surface area (Å²) in [5.74, 6) is 1.32. The quantitative estimate of drug-likeness (QED) is 0.656. The maximum Gasteiger partial charge on any atom is 0.261 e. The van der Waals surface area contributed by atoms with Crippen molar-refractivity contribution >= 4 is 16.8 Å². The monoisotopic (exact) mass is 394 g/mol. The van der Waals surface area contributed by atoms with Crippen molar-refractivity contribution in [2.24, 2.45) is 5.73 Å². The van der Waals surface area contributed by atoms with Crippen LogP contribution in [0.2, 0.25) is 0 Å². The van der Waals surface area contributed by atoms with Crippen LogP contribution in [0, 0.1) is 0 Å². The average Bonchev–Trinajstić information content (AvgIpc) is 2.73. The third kappa shape index (κ3) is 3.93. The Morgan fingerprint density at radius 2 is 1.97 bits per heavy atom. The lowest BCUT2D eigenvalue weighted by Crippen LogP contribution is -2.33. The van der Waals surface area contributed by atoms with E-state index in [1.807, 2.05) is 31.2 Å². The number of hydrogen-bond donors (Lipinski definition) is 2. The highest BCUT2D eigenvalue weighted by Crippen LogP contribution is 2.32. The molecule has 8 heteroatoms. The first kappa shape index (κ1) is 18.9. The minimum Gasteiger partial charge on any atom is -0.486 e. The number of rotatable bonds is 6. The van der Waals surface area contributed by atoms with Crippen LogP contribution in [-0.4, -0.2) is 28.7 Å². The minimum absolute atomic E-state index is 0.0452. The van der Waals surface area contributed by atoms with E-state index in [4.69, 9.17) is 15.2 Å². The summed E-state index contributed by atoms with van der Waals surface area (Å²) >= 11 is 0. The number of carbonyl (C=O) groups excluding carboxylic acids is 1. The number of aromatic nitrogens is 2. The van der Waals surface area contributed by atoms with Crippen LogP contribution in [0.1, 0.15) is 24.4 Å². The summed E-state index contributed by atoms with van der Waals surface area (Å²) in [7, 11) is 0. The number of nitrogens with two attached hydrogens (primary N) is 1. The van der Waals surface area contributed by atoms with Gasteiger partial charge in [0.05, 0.1) is 17.4 Å². The molecule has 0 bridgehead atoms. The average molecular weight is 394 g/mol. The van der Waals surface area contributed by atoms with Gasteiger partial charge in [-0.15, -0.1) is 0 Å². The van der Waals surface area contributed by atoms with Crippen molar-refractivity contribution in [2.45, 2.75) is 26.1 Å². The van der Waals surface area contributed by atoms with Gasteiger partial charge in [0.25, 0.3) is 5.56 Å². The third-order valence-corrected chi connectivity index (χ3v) is 4.89. The molecule has 3 N–H and O–H groups in total. The topological polar surface area (TPSA) is 108 Å². The van der Waals surface area contributed by atoms with Gasteiger partial charge in [-0.25, -0.2) is 4.98 Å². The highest BCUT2D eigenvalue weighted by atomic mass is 16.6. The third-order valence-electron chi connectivity index (χ3n) is 4.89. The van der Waals surface area contributed by atoms with E-state index in [1.54, 1.807) is 18.2 Å². The van der Waals surface area contributed by atoms with E-state index in [-0.39, 0.29) is 18.1 Å². The predicted molar refractivity (Wildman–Crippen MR) is 108 cm³/mol. The maximum absolute atomic E-state index is 12.8. The number of nitrogens with zero attached hydrogens (tertiary/aromatic N) is 2. The van der Waals surface area contributed by atoms with E-state index < -0.39 is 5.91 Å². The van der Waals surface area contributed by atoms with Crippen molar-refractivity contribution in [3.05, 3.63) is 64.2 Å². The second-order valence-electron chi connectivity index (χ2n) is 6.91. The largest absolute Gasteiger partial charge is 0.486 e. The molecule has 0 unspecified atom stereocenters. The molecule has 1 atom stereocenters. The lowest BCUT2D eigenvalue weighted by molar-refractivity contribution is -0.118. The normalized spacial score (nSPS) is 14.0. The van der Waals surface area contributed by atoms with Gasteiger partial charge in [0, 0.05) is 6.04 Å². The fourth-order valence-corrected chi connectivity index (χ4v) is 3.36. The van der Waals surface area contributed by atoms with E-state index in [9.17, 15) is 9.59 Å². The van der Waals surface area contributed by atoms with Crippen LogP contribution in [0.5, 0.6) is 11.5 Å². The van der Waals surface area contributed by atoms with Gasteiger partial charge in [-0.05, 0) is 36.8 Å². The summed E-state index contributed by atoms with van der Waals surface area (Å²) in [4.78, 5) is 28.9. The molecule has 4 rings (SSSR count). The molecule has 3 aromatic rings. The van der Waals surface area contributed by atoms with E-state index in [1.165, 1.54) is 4.57 Å². The van der Waals surface area contributed by atoms with Gasteiger partial charge in [0.15, 0.2) is 11.5 Å². The fraction of sp³-hybridized carbons (Fsp3) is 0.286. The summed E-state index contributed by atoms with van der Waals surface area (Å²) < 4.78 is 12.5. The first-order valence-electron chi connectivity index (χ1n) is 9.42. The highest BCUT2D eigenvalue weighted by molar-refractivity contribution is 5.78. The number of primary amides is 1. The second kappa shape index (κ2) is 7.92. The molecular weight excluding hydrogens is 372 g/mol. The molecule has 1 amide bonds. The van der Waals surface area contributed by atoms with Gasteiger partial charge >= 0.3 is 0 Å². The lowest BCUT2D eigenvalue weighted by Gasteiger charge is -2.21. The van der Waals surface area contributed by atoms with Gasteiger partial charge in [-0.3, -0.25) is 14.2 Å². The van der Waals surface area contributed by atoms with Crippen molar-refractivity contribution in [1.82, 2.24) is 14.9 Å². The zero-order valence-corrected chi connectivity index (χ0v) is 16.1. The molecule has 2 heterocycles. The molecule has 0 aliphatic carbocycles. The Balaban J connectivity index is 1.60. The Hall–Kier alpha value is -3.39. The molecule has 29 heavy (non-hydrogen) atoms. The van der Waals surface area contributed by atoms with Gasteiger partial charge in [0.1, 0.15) is 25.6 Å². The molecule has 1 aromatic heterocycles. The van der Waals surface area contributed by atoms with Crippen LogP contribution >= 0.6 is 0 Å². The summed E-state index contributed by atoms with van der Waals surface area (Å²) in [6, 6.07) is 12.8. The standard InChI is InChI=1S/C21H22N4O4/c1-13(14-6-7-17-18(10-14)29-9-8-28-17)23-11-20-24-16-5-3-2-4-15(16)21(27)25(20)12-19(22)26/h2-7,10,13,23H,8-9,11-12H2,1H3,(H2,22,26)/t13-/m0/s1. The van der Waals surface area contributed by atoms with Crippen molar-refractivity contribution < 1.29 is 14.3 Å². The smallest absolute Gasteiger partial charge is 0.261 e. The van der Waals surface area contributed by atoms with Crippen molar-refractivity contribution in [2.75, 3.05) is 13.2 Å². The number of nitrogens with one attached hydrogen (secondary N) is 1. The van der Waals surface area contributed by atoms with E-state index in [0.29, 0.717) is 36.5 Å².